The summed E-state index contributed by atoms with van der Waals surface area (Å²) < 4.78 is 10.9. The molecule has 168 valence electrons. The van der Waals surface area contributed by atoms with Crippen molar-refractivity contribution in [3.8, 4) is 11.5 Å². The van der Waals surface area contributed by atoms with Crippen molar-refractivity contribution in [1.82, 2.24) is 15.1 Å². The van der Waals surface area contributed by atoms with E-state index in [-0.39, 0.29) is 30.9 Å². The van der Waals surface area contributed by atoms with E-state index < -0.39 is 0 Å². The van der Waals surface area contributed by atoms with Gasteiger partial charge in [-0.15, -0.1) is 11.3 Å². The Morgan fingerprint density at radius 1 is 1.26 bits per heavy atom. The Labute approximate surface area is 187 Å². The summed E-state index contributed by atoms with van der Waals surface area (Å²) in [7, 11) is 3.28. The lowest BCUT2D eigenvalue weighted by molar-refractivity contribution is -0.137. The molecule has 0 bridgehead atoms. The molecule has 1 atom stereocenters. The van der Waals surface area contributed by atoms with Gasteiger partial charge in [0.1, 0.15) is 11.5 Å². The standard InChI is InChI=1S/C23H31N3O4S/c1-4-25(15-22(27)24-14-18-7-6-12-31-18)23(28)16-26-11-5-8-20(26)19-10-9-17(29-2)13-21(19)30-3/h6-7,9-10,12-13,20H,4-5,8,11,14-16H2,1-3H3,(H,24,27)/t20-/m1/s1. The second-order valence-corrected chi connectivity index (χ2v) is 8.53. The number of hydrogen-bond acceptors (Lipinski definition) is 6. The lowest BCUT2D eigenvalue weighted by Gasteiger charge is -2.28. The molecule has 0 aliphatic carbocycles. The number of carbonyl (C=O) groups is 2. The van der Waals surface area contributed by atoms with E-state index in [1.165, 1.54) is 0 Å². The van der Waals surface area contributed by atoms with E-state index in [4.69, 9.17) is 9.47 Å². The van der Waals surface area contributed by atoms with Crippen LogP contribution in [-0.2, 0) is 16.1 Å². The molecule has 0 spiro atoms. The van der Waals surface area contributed by atoms with E-state index in [1.807, 2.05) is 42.6 Å². The maximum atomic E-state index is 13.0. The molecule has 1 aromatic carbocycles. The Balaban J connectivity index is 1.60. The molecule has 0 unspecified atom stereocenters. The summed E-state index contributed by atoms with van der Waals surface area (Å²) in [6, 6.07) is 9.86. The van der Waals surface area contributed by atoms with Crippen LogP contribution in [0.4, 0.5) is 0 Å². The van der Waals surface area contributed by atoms with Gasteiger partial charge in [0, 0.05) is 29.1 Å². The predicted octanol–water partition coefficient (Wildman–Crippen LogP) is 3.07. The van der Waals surface area contributed by atoms with Gasteiger partial charge in [-0.1, -0.05) is 12.1 Å². The molecule has 1 aromatic heterocycles. The topological polar surface area (TPSA) is 71.1 Å². The lowest BCUT2D eigenvalue weighted by atomic mass is 10.0. The molecule has 0 saturated carbocycles. The molecule has 1 fully saturated rings. The summed E-state index contributed by atoms with van der Waals surface area (Å²) in [5.74, 6) is 1.34. The van der Waals surface area contributed by atoms with Crippen LogP contribution >= 0.6 is 11.3 Å². The van der Waals surface area contributed by atoms with Crippen molar-refractivity contribution in [3.63, 3.8) is 0 Å². The minimum atomic E-state index is -0.140. The van der Waals surface area contributed by atoms with Gasteiger partial charge in [0.2, 0.25) is 11.8 Å². The zero-order valence-electron chi connectivity index (χ0n) is 18.4. The Bertz CT molecular complexity index is 872. The first-order chi connectivity index (χ1) is 15.0. The van der Waals surface area contributed by atoms with E-state index in [1.54, 1.807) is 30.5 Å². The van der Waals surface area contributed by atoms with E-state index in [9.17, 15) is 9.59 Å². The maximum absolute atomic E-state index is 13.0. The fourth-order valence-corrected chi connectivity index (χ4v) is 4.58. The number of nitrogens with one attached hydrogen (secondary N) is 1. The number of rotatable bonds is 10. The van der Waals surface area contributed by atoms with Crippen molar-refractivity contribution in [2.45, 2.75) is 32.4 Å². The molecule has 7 nitrogen and oxygen atoms in total. The highest BCUT2D eigenvalue weighted by Gasteiger charge is 2.31. The minimum Gasteiger partial charge on any atom is -0.497 e. The first kappa shape index (κ1) is 23.1. The van der Waals surface area contributed by atoms with Crippen LogP contribution in [0.2, 0.25) is 0 Å². The molecule has 8 heteroatoms. The number of likely N-dealkylation sites (tertiary alicyclic amines) is 1. The molecular formula is C23H31N3O4S. The average molecular weight is 446 g/mol. The Kier molecular flexibility index (Phi) is 8.31. The summed E-state index contributed by atoms with van der Waals surface area (Å²) in [4.78, 5) is 30.2. The molecule has 1 saturated heterocycles. The van der Waals surface area contributed by atoms with Crippen molar-refractivity contribution in [1.29, 1.82) is 0 Å². The van der Waals surface area contributed by atoms with Crippen molar-refractivity contribution < 1.29 is 19.1 Å². The number of likely N-dealkylation sites (N-methyl/N-ethyl adjacent to an activating group) is 1. The number of benzene rings is 1. The van der Waals surface area contributed by atoms with Gasteiger partial charge in [-0.05, 0) is 43.8 Å². The monoisotopic (exact) mass is 445 g/mol. The molecule has 2 heterocycles. The smallest absolute Gasteiger partial charge is 0.239 e. The van der Waals surface area contributed by atoms with Crippen LogP contribution < -0.4 is 14.8 Å². The SMILES string of the molecule is CCN(CC(=O)NCc1cccs1)C(=O)CN1CCC[C@@H]1c1ccc(OC)cc1OC. The lowest BCUT2D eigenvalue weighted by Crippen LogP contribution is -2.44. The van der Waals surface area contributed by atoms with Gasteiger partial charge in [0.25, 0.3) is 0 Å². The molecule has 3 rings (SSSR count). The number of carbonyl (C=O) groups excluding carboxylic acids is 2. The quantitative estimate of drug-likeness (QED) is 0.609. The minimum absolute atomic E-state index is 0.0341. The first-order valence-electron chi connectivity index (χ1n) is 10.6. The Morgan fingerprint density at radius 2 is 2.10 bits per heavy atom. The largest absolute Gasteiger partial charge is 0.497 e. The highest BCUT2D eigenvalue weighted by Crippen LogP contribution is 2.38. The van der Waals surface area contributed by atoms with Gasteiger partial charge in [0.15, 0.2) is 0 Å². The van der Waals surface area contributed by atoms with Gasteiger partial charge < -0.3 is 19.7 Å². The van der Waals surface area contributed by atoms with Gasteiger partial charge in [-0.25, -0.2) is 0 Å². The average Bonchev–Trinajstić information content (AvgIpc) is 3.47. The van der Waals surface area contributed by atoms with Gasteiger partial charge in [0.05, 0.1) is 33.9 Å². The summed E-state index contributed by atoms with van der Waals surface area (Å²) in [6.45, 7) is 4.09. The molecule has 0 radical (unpaired) electrons. The van der Waals surface area contributed by atoms with Gasteiger partial charge in [-0.2, -0.15) is 0 Å². The number of ether oxygens (including phenoxy) is 2. The van der Waals surface area contributed by atoms with Crippen molar-refractivity contribution in [3.05, 3.63) is 46.2 Å². The first-order valence-corrected chi connectivity index (χ1v) is 11.5. The third-order valence-corrected chi connectivity index (χ3v) is 6.49. The van der Waals surface area contributed by atoms with Crippen LogP contribution in [0.15, 0.2) is 35.7 Å². The molecule has 2 aromatic rings. The Morgan fingerprint density at radius 3 is 2.77 bits per heavy atom. The summed E-state index contributed by atoms with van der Waals surface area (Å²) in [6.07, 6.45) is 1.98. The zero-order chi connectivity index (χ0) is 22.2. The van der Waals surface area contributed by atoms with Crippen LogP contribution in [0.3, 0.4) is 0 Å². The van der Waals surface area contributed by atoms with Crippen LogP contribution in [-0.4, -0.2) is 62.0 Å². The van der Waals surface area contributed by atoms with E-state index in [0.29, 0.717) is 13.1 Å². The zero-order valence-corrected chi connectivity index (χ0v) is 19.2. The van der Waals surface area contributed by atoms with E-state index in [0.717, 1.165) is 41.3 Å². The third kappa shape index (κ3) is 5.98. The number of amides is 2. The van der Waals surface area contributed by atoms with Crippen LogP contribution in [0.1, 0.15) is 36.2 Å². The number of hydrogen-bond donors (Lipinski definition) is 1. The Hall–Kier alpha value is -2.58. The molecule has 2 amide bonds. The molecule has 1 N–H and O–H groups in total. The van der Waals surface area contributed by atoms with E-state index in [2.05, 4.69) is 10.2 Å². The van der Waals surface area contributed by atoms with Gasteiger partial charge in [-0.3, -0.25) is 14.5 Å². The number of methoxy groups -OCH3 is 2. The van der Waals surface area contributed by atoms with Gasteiger partial charge >= 0.3 is 0 Å². The third-order valence-electron chi connectivity index (χ3n) is 5.61. The highest BCUT2D eigenvalue weighted by molar-refractivity contribution is 7.09. The predicted molar refractivity (Wildman–Crippen MR) is 122 cm³/mol. The van der Waals surface area contributed by atoms with Crippen LogP contribution in [0.25, 0.3) is 0 Å². The van der Waals surface area contributed by atoms with Crippen molar-refractivity contribution >= 4 is 23.2 Å². The summed E-state index contributed by atoms with van der Waals surface area (Å²) >= 11 is 1.60. The second kappa shape index (κ2) is 11.2. The summed E-state index contributed by atoms with van der Waals surface area (Å²) in [5, 5.41) is 4.87. The molecule has 31 heavy (non-hydrogen) atoms. The summed E-state index contributed by atoms with van der Waals surface area (Å²) in [5.41, 5.74) is 1.06. The van der Waals surface area contributed by atoms with Crippen molar-refractivity contribution in [2.75, 3.05) is 40.4 Å². The molecule has 1 aliphatic rings. The fourth-order valence-electron chi connectivity index (χ4n) is 3.94. The molecule has 1 aliphatic heterocycles. The highest BCUT2D eigenvalue weighted by atomic mass is 32.1. The van der Waals surface area contributed by atoms with E-state index >= 15 is 0 Å². The molecular weight excluding hydrogens is 414 g/mol. The van der Waals surface area contributed by atoms with Crippen LogP contribution in [0, 0.1) is 0 Å². The number of nitrogens with zero attached hydrogens (tertiary/aromatic N) is 2. The number of thiophene rings is 1. The normalized spacial score (nSPS) is 16.2. The van der Waals surface area contributed by atoms with Crippen LogP contribution in [0.5, 0.6) is 11.5 Å². The van der Waals surface area contributed by atoms with Crippen molar-refractivity contribution in [2.24, 2.45) is 0 Å². The maximum Gasteiger partial charge on any atom is 0.239 e. The fraction of sp³-hybridized carbons (Fsp3) is 0.478. The second-order valence-electron chi connectivity index (χ2n) is 7.50.